The normalized spacial score (nSPS) is 11.6. The van der Waals surface area contributed by atoms with Crippen LogP contribution in [0.25, 0.3) is 11.0 Å². The van der Waals surface area contributed by atoms with Crippen molar-refractivity contribution in [3.63, 3.8) is 0 Å². The molecule has 1 aromatic carbocycles. The summed E-state index contributed by atoms with van der Waals surface area (Å²) in [5, 5.41) is 11.8. The van der Waals surface area contributed by atoms with E-state index in [2.05, 4.69) is 26.8 Å². The molecule has 1 N–H and O–H groups in total. The number of benzene rings is 1. The number of amidine groups is 1. The van der Waals surface area contributed by atoms with Crippen molar-refractivity contribution < 1.29 is 0 Å². The van der Waals surface area contributed by atoms with E-state index in [1.165, 1.54) is 11.8 Å². The van der Waals surface area contributed by atoms with Gasteiger partial charge in [0.1, 0.15) is 5.82 Å². The molecule has 0 bridgehead atoms. The summed E-state index contributed by atoms with van der Waals surface area (Å²) in [6.45, 7) is 5.14. The lowest BCUT2D eigenvalue weighted by Crippen LogP contribution is -2.12. The van der Waals surface area contributed by atoms with E-state index in [9.17, 15) is 0 Å². The first-order valence-electron chi connectivity index (χ1n) is 6.44. The predicted molar refractivity (Wildman–Crippen MR) is 84.1 cm³/mol. The molecule has 0 unspecified atom stereocenters. The Hall–Kier alpha value is -2.00. The molecule has 104 valence electrons. The Morgan fingerprint density at radius 3 is 3.00 bits per heavy atom. The van der Waals surface area contributed by atoms with Crippen molar-refractivity contribution in [2.45, 2.75) is 26.8 Å². The van der Waals surface area contributed by atoms with Crippen LogP contribution >= 0.6 is 11.8 Å². The van der Waals surface area contributed by atoms with Crippen LogP contribution in [0, 0.1) is 18.4 Å². The summed E-state index contributed by atoms with van der Waals surface area (Å²) in [5.74, 6) is 1.02. The first kappa shape index (κ1) is 14.4. The average molecular weight is 287 g/mol. The van der Waals surface area contributed by atoms with Crippen molar-refractivity contribution >= 4 is 33.7 Å². The molecule has 1 aromatic heterocycles. The Labute approximate surface area is 122 Å². The van der Waals surface area contributed by atoms with E-state index in [0.29, 0.717) is 5.17 Å². The zero-order valence-corrected chi connectivity index (χ0v) is 12.7. The quantitative estimate of drug-likeness (QED) is 0.407. The smallest absolute Gasteiger partial charge is 0.183 e. The van der Waals surface area contributed by atoms with E-state index >= 15 is 0 Å². The van der Waals surface area contributed by atoms with Gasteiger partial charge in [-0.3, -0.25) is 5.32 Å². The molecular weight excluding hydrogens is 270 g/mol. The largest absolute Gasteiger partial charge is 0.328 e. The van der Waals surface area contributed by atoms with Crippen molar-refractivity contribution in [1.29, 1.82) is 5.26 Å². The van der Waals surface area contributed by atoms with E-state index < -0.39 is 0 Å². The lowest BCUT2D eigenvalue weighted by atomic mass is 10.3. The van der Waals surface area contributed by atoms with Gasteiger partial charge in [-0.05, 0) is 37.8 Å². The molecule has 0 amide bonds. The van der Waals surface area contributed by atoms with Gasteiger partial charge in [-0.15, -0.1) is 0 Å². The fourth-order valence-electron chi connectivity index (χ4n) is 2.10. The third-order valence-corrected chi connectivity index (χ3v) is 3.54. The van der Waals surface area contributed by atoms with E-state index in [4.69, 9.17) is 5.26 Å². The molecule has 0 aliphatic rings. The van der Waals surface area contributed by atoms with Gasteiger partial charge >= 0.3 is 0 Å². The van der Waals surface area contributed by atoms with Gasteiger partial charge in [0.05, 0.1) is 16.7 Å². The van der Waals surface area contributed by atoms with Crippen molar-refractivity contribution in [2.24, 2.45) is 4.99 Å². The molecule has 0 spiro atoms. The zero-order valence-electron chi connectivity index (χ0n) is 11.8. The van der Waals surface area contributed by atoms with Gasteiger partial charge in [0.2, 0.25) is 0 Å². The highest BCUT2D eigenvalue weighted by Crippen LogP contribution is 2.23. The van der Waals surface area contributed by atoms with Gasteiger partial charge in [0, 0.05) is 6.54 Å². The molecule has 20 heavy (non-hydrogen) atoms. The molecule has 0 aliphatic carbocycles. The highest BCUT2D eigenvalue weighted by molar-refractivity contribution is 8.13. The number of aliphatic imine (C=N–C) groups is 1. The predicted octanol–water partition coefficient (Wildman–Crippen LogP) is 3.18. The lowest BCUT2D eigenvalue weighted by molar-refractivity contribution is 0.676. The molecule has 0 atom stereocenters. The second-order valence-electron chi connectivity index (χ2n) is 4.34. The molecule has 2 rings (SSSR count). The zero-order chi connectivity index (χ0) is 14.5. The van der Waals surface area contributed by atoms with Gasteiger partial charge in [0.25, 0.3) is 0 Å². The molecule has 5 nitrogen and oxygen atoms in total. The standard InChI is InChI=1S/C14H17N5S/c1-4-7-19-10(2)17-12-8-11(5-6-13(12)19)18-14(20-3)16-9-15/h5-6,8H,4,7H2,1-3H3,(H,16,18). The Morgan fingerprint density at radius 1 is 1.55 bits per heavy atom. The van der Waals surface area contributed by atoms with Crippen LogP contribution in [-0.2, 0) is 6.54 Å². The fraction of sp³-hybridized carbons (Fsp3) is 0.357. The summed E-state index contributed by atoms with van der Waals surface area (Å²) >= 11 is 1.40. The number of thioether (sulfide) groups is 1. The number of hydrogen-bond donors (Lipinski definition) is 1. The average Bonchev–Trinajstić information content (AvgIpc) is 2.74. The Balaban J connectivity index is 2.42. The molecule has 0 saturated carbocycles. The van der Waals surface area contributed by atoms with Crippen LogP contribution < -0.4 is 5.32 Å². The third-order valence-electron chi connectivity index (χ3n) is 2.96. The summed E-state index contributed by atoms with van der Waals surface area (Å²) in [4.78, 5) is 8.97. The number of nitrogens with zero attached hydrogens (tertiary/aromatic N) is 4. The number of imidazole rings is 1. The number of rotatable bonds is 3. The minimum atomic E-state index is 0.580. The maximum absolute atomic E-state index is 8.65. The summed E-state index contributed by atoms with van der Waals surface area (Å²) in [6, 6.07) is 5.93. The molecule has 0 radical (unpaired) electrons. The Morgan fingerprint density at radius 2 is 2.35 bits per heavy atom. The lowest BCUT2D eigenvalue weighted by Gasteiger charge is -2.04. The van der Waals surface area contributed by atoms with Crippen molar-refractivity contribution in [3.05, 3.63) is 24.0 Å². The summed E-state index contributed by atoms with van der Waals surface area (Å²) < 4.78 is 2.21. The van der Waals surface area contributed by atoms with Crippen LogP contribution in [0.3, 0.4) is 0 Å². The van der Waals surface area contributed by atoms with Crippen LogP contribution in [0.15, 0.2) is 23.2 Å². The highest BCUT2D eigenvalue weighted by Gasteiger charge is 2.07. The summed E-state index contributed by atoms with van der Waals surface area (Å²) in [5.41, 5.74) is 2.86. The molecule has 2 aromatic rings. The number of aryl methyl sites for hydroxylation is 2. The van der Waals surface area contributed by atoms with Crippen molar-refractivity contribution in [3.8, 4) is 6.19 Å². The molecular formula is C14H17N5S. The maximum Gasteiger partial charge on any atom is 0.183 e. The van der Waals surface area contributed by atoms with E-state index in [1.54, 1.807) is 0 Å². The molecule has 0 fully saturated rings. The maximum atomic E-state index is 8.65. The molecule has 0 saturated heterocycles. The van der Waals surface area contributed by atoms with Crippen LogP contribution in [0.1, 0.15) is 19.2 Å². The van der Waals surface area contributed by atoms with Gasteiger partial charge in [-0.25, -0.2) is 9.98 Å². The topological polar surface area (TPSA) is 66.0 Å². The molecule has 6 heteroatoms. The monoisotopic (exact) mass is 287 g/mol. The summed E-state index contributed by atoms with van der Waals surface area (Å²) in [7, 11) is 0. The third kappa shape index (κ3) is 2.94. The molecule has 0 aliphatic heterocycles. The number of nitriles is 1. The van der Waals surface area contributed by atoms with Crippen LogP contribution in [0.4, 0.5) is 5.69 Å². The second-order valence-corrected chi connectivity index (χ2v) is 5.14. The first-order valence-corrected chi connectivity index (χ1v) is 7.66. The number of hydrogen-bond acceptors (Lipinski definition) is 4. The van der Waals surface area contributed by atoms with Crippen molar-refractivity contribution in [1.82, 2.24) is 14.9 Å². The van der Waals surface area contributed by atoms with Gasteiger partial charge in [-0.1, -0.05) is 18.7 Å². The van der Waals surface area contributed by atoms with Gasteiger partial charge < -0.3 is 4.57 Å². The fourth-order valence-corrected chi connectivity index (χ4v) is 2.45. The molecule has 1 heterocycles. The number of nitrogens with one attached hydrogen (secondary N) is 1. The van der Waals surface area contributed by atoms with Gasteiger partial charge in [0.15, 0.2) is 11.4 Å². The second kappa shape index (κ2) is 6.44. The van der Waals surface area contributed by atoms with Gasteiger partial charge in [-0.2, -0.15) is 5.26 Å². The van der Waals surface area contributed by atoms with Crippen LogP contribution in [0.5, 0.6) is 0 Å². The Bertz CT molecular complexity index is 681. The van der Waals surface area contributed by atoms with Crippen LogP contribution in [-0.4, -0.2) is 21.0 Å². The minimum Gasteiger partial charge on any atom is -0.328 e. The first-order chi connectivity index (χ1) is 9.69. The van der Waals surface area contributed by atoms with E-state index in [0.717, 1.165) is 35.5 Å². The SMILES string of the molecule is CCCn1c(C)nc2cc(N=C(NC#N)SC)ccc21. The van der Waals surface area contributed by atoms with E-state index in [-0.39, 0.29) is 0 Å². The number of fused-ring (bicyclic) bond motifs is 1. The minimum absolute atomic E-state index is 0.580. The number of aromatic nitrogens is 2. The van der Waals surface area contributed by atoms with E-state index in [1.807, 2.05) is 37.6 Å². The van der Waals surface area contributed by atoms with Crippen molar-refractivity contribution in [2.75, 3.05) is 6.26 Å². The summed E-state index contributed by atoms with van der Waals surface area (Å²) in [6.07, 6.45) is 4.84. The van der Waals surface area contributed by atoms with Crippen LogP contribution in [0.2, 0.25) is 0 Å². The Kier molecular flexibility index (Phi) is 4.64. The highest BCUT2D eigenvalue weighted by atomic mass is 32.2.